The van der Waals surface area contributed by atoms with Gasteiger partial charge in [0.05, 0.1) is 32.5 Å². The van der Waals surface area contributed by atoms with E-state index in [1.807, 2.05) is 24.3 Å². The first-order valence-corrected chi connectivity index (χ1v) is 9.33. The minimum Gasteiger partial charge on any atom is -0.493 e. The molecule has 1 N–H and O–H groups in total. The van der Waals surface area contributed by atoms with Gasteiger partial charge in [0, 0.05) is 13.1 Å². The van der Waals surface area contributed by atoms with Gasteiger partial charge in [-0.1, -0.05) is 19.9 Å². The number of ether oxygens (including phenoxy) is 2. The first kappa shape index (κ1) is 20.6. The summed E-state index contributed by atoms with van der Waals surface area (Å²) in [5.41, 5.74) is 1.55. The number of anilines is 2. The molecule has 1 amide bonds. The lowest BCUT2D eigenvalue weighted by Crippen LogP contribution is -2.25. The average Bonchev–Trinajstić information content (AvgIpc) is 2.68. The van der Waals surface area contributed by atoms with Crippen LogP contribution in [-0.2, 0) is 11.2 Å². The summed E-state index contributed by atoms with van der Waals surface area (Å²) < 4.78 is 10.5. The number of nitrogens with one attached hydrogen (secondary N) is 1. The Morgan fingerprint density at radius 1 is 1.04 bits per heavy atom. The van der Waals surface area contributed by atoms with Crippen molar-refractivity contribution >= 4 is 17.4 Å². The lowest BCUT2D eigenvalue weighted by molar-refractivity contribution is -0.115. The first-order valence-electron chi connectivity index (χ1n) is 9.33. The van der Waals surface area contributed by atoms with E-state index in [4.69, 9.17) is 9.47 Å². The fourth-order valence-electron chi connectivity index (χ4n) is 2.91. The number of methoxy groups -OCH3 is 2. The molecular weight excluding hydrogens is 342 g/mol. The van der Waals surface area contributed by atoms with E-state index < -0.39 is 0 Å². The fraction of sp³-hybridized carbons (Fsp3) is 0.429. The summed E-state index contributed by atoms with van der Waals surface area (Å²) in [6.07, 6.45) is 4.11. The van der Waals surface area contributed by atoms with Gasteiger partial charge in [0.1, 0.15) is 5.82 Å². The van der Waals surface area contributed by atoms with Gasteiger partial charge in [-0.05, 0) is 42.7 Å². The molecule has 0 aliphatic rings. The van der Waals surface area contributed by atoms with Crippen molar-refractivity contribution in [2.45, 2.75) is 33.1 Å². The molecule has 0 saturated heterocycles. The zero-order chi connectivity index (χ0) is 19.6. The molecule has 0 aliphatic carbocycles. The van der Waals surface area contributed by atoms with Gasteiger partial charge in [0.25, 0.3) is 0 Å². The standard InChI is InChI=1S/C21H29N3O3/c1-5-11-24(12-6-2)20-10-8-17(15-22-20)23-21(25)14-16-7-9-18(26-3)19(13-16)27-4/h7-10,13,15H,5-6,11-12,14H2,1-4H3,(H,23,25). The van der Waals surface area contributed by atoms with Crippen LogP contribution in [0.5, 0.6) is 11.5 Å². The van der Waals surface area contributed by atoms with Gasteiger partial charge in [0.2, 0.25) is 5.91 Å². The van der Waals surface area contributed by atoms with Gasteiger partial charge in [-0.15, -0.1) is 0 Å². The Morgan fingerprint density at radius 2 is 1.74 bits per heavy atom. The highest BCUT2D eigenvalue weighted by Crippen LogP contribution is 2.27. The van der Waals surface area contributed by atoms with Crippen LogP contribution in [0.3, 0.4) is 0 Å². The Labute approximate surface area is 161 Å². The maximum Gasteiger partial charge on any atom is 0.228 e. The second-order valence-electron chi connectivity index (χ2n) is 6.31. The SMILES string of the molecule is CCCN(CCC)c1ccc(NC(=O)Cc2ccc(OC)c(OC)c2)cn1. The molecule has 2 rings (SSSR count). The topological polar surface area (TPSA) is 63.7 Å². The van der Waals surface area contributed by atoms with E-state index in [1.165, 1.54) is 0 Å². The number of aromatic nitrogens is 1. The van der Waals surface area contributed by atoms with Crippen LogP contribution in [0.1, 0.15) is 32.3 Å². The summed E-state index contributed by atoms with van der Waals surface area (Å²) in [6.45, 7) is 6.27. The van der Waals surface area contributed by atoms with Crippen LogP contribution in [0.4, 0.5) is 11.5 Å². The number of amides is 1. The summed E-state index contributed by atoms with van der Waals surface area (Å²) in [7, 11) is 3.17. The Kier molecular flexibility index (Phi) is 7.92. The maximum atomic E-state index is 12.3. The summed E-state index contributed by atoms with van der Waals surface area (Å²) >= 11 is 0. The normalized spacial score (nSPS) is 10.4. The third-order valence-corrected chi connectivity index (χ3v) is 4.16. The first-order chi connectivity index (χ1) is 13.1. The number of benzene rings is 1. The predicted molar refractivity (Wildman–Crippen MR) is 109 cm³/mol. The second kappa shape index (κ2) is 10.4. The van der Waals surface area contributed by atoms with E-state index in [0.717, 1.165) is 37.3 Å². The molecule has 27 heavy (non-hydrogen) atoms. The number of hydrogen-bond donors (Lipinski definition) is 1. The number of carbonyl (C=O) groups excluding carboxylic acids is 1. The summed E-state index contributed by atoms with van der Waals surface area (Å²) in [4.78, 5) is 19.1. The van der Waals surface area contributed by atoms with Crippen LogP contribution in [0.2, 0.25) is 0 Å². The van der Waals surface area contributed by atoms with Gasteiger partial charge in [-0.25, -0.2) is 4.98 Å². The highest BCUT2D eigenvalue weighted by atomic mass is 16.5. The molecule has 0 saturated carbocycles. The molecule has 0 atom stereocenters. The molecule has 1 aromatic heterocycles. The molecule has 6 heteroatoms. The van der Waals surface area contributed by atoms with Gasteiger partial charge in [-0.3, -0.25) is 4.79 Å². The van der Waals surface area contributed by atoms with Crippen molar-refractivity contribution < 1.29 is 14.3 Å². The highest BCUT2D eigenvalue weighted by Gasteiger charge is 2.10. The quantitative estimate of drug-likeness (QED) is 0.686. The minimum atomic E-state index is -0.101. The van der Waals surface area contributed by atoms with E-state index >= 15 is 0 Å². The minimum absolute atomic E-state index is 0.101. The third-order valence-electron chi connectivity index (χ3n) is 4.16. The van der Waals surface area contributed by atoms with Crippen LogP contribution in [-0.4, -0.2) is 38.2 Å². The Morgan fingerprint density at radius 3 is 2.30 bits per heavy atom. The van der Waals surface area contributed by atoms with Crippen molar-refractivity contribution in [1.82, 2.24) is 4.98 Å². The van der Waals surface area contributed by atoms with Crippen molar-refractivity contribution in [2.75, 3.05) is 37.5 Å². The van der Waals surface area contributed by atoms with Gasteiger partial charge in [-0.2, -0.15) is 0 Å². The summed E-state index contributed by atoms with van der Waals surface area (Å²) in [5.74, 6) is 2.10. The molecule has 0 aliphatic heterocycles. The Bertz CT molecular complexity index is 726. The maximum absolute atomic E-state index is 12.3. The lowest BCUT2D eigenvalue weighted by atomic mass is 10.1. The molecule has 0 radical (unpaired) electrons. The largest absolute Gasteiger partial charge is 0.493 e. The van der Waals surface area contributed by atoms with E-state index in [2.05, 4.69) is 29.0 Å². The molecule has 0 unspecified atom stereocenters. The monoisotopic (exact) mass is 371 g/mol. The zero-order valence-corrected chi connectivity index (χ0v) is 16.6. The van der Waals surface area contributed by atoms with Crippen LogP contribution in [0.15, 0.2) is 36.5 Å². The molecule has 1 heterocycles. The number of hydrogen-bond acceptors (Lipinski definition) is 5. The molecule has 146 valence electrons. The van der Waals surface area contributed by atoms with Crippen molar-refractivity contribution in [3.05, 3.63) is 42.1 Å². The third kappa shape index (κ3) is 5.88. The summed E-state index contributed by atoms with van der Waals surface area (Å²) in [5, 5.41) is 2.89. The molecule has 1 aromatic carbocycles. The van der Waals surface area contributed by atoms with Crippen LogP contribution < -0.4 is 19.7 Å². The lowest BCUT2D eigenvalue weighted by Gasteiger charge is -2.22. The molecule has 0 spiro atoms. The number of rotatable bonds is 10. The van der Waals surface area contributed by atoms with Crippen molar-refractivity contribution in [3.63, 3.8) is 0 Å². The molecule has 0 bridgehead atoms. The van der Waals surface area contributed by atoms with Crippen molar-refractivity contribution in [3.8, 4) is 11.5 Å². The van der Waals surface area contributed by atoms with Crippen LogP contribution in [0.25, 0.3) is 0 Å². The Hall–Kier alpha value is -2.76. The number of nitrogens with zero attached hydrogens (tertiary/aromatic N) is 2. The van der Waals surface area contributed by atoms with Crippen molar-refractivity contribution in [1.29, 1.82) is 0 Å². The zero-order valence-electron chi connectivity index (χ0n) is 16.6. The van der Waals surface area contributed by atoms with E-state index in [9.17, 15) is 4.79 Å². The van der Waals surface area contributed by atoms with E-state index in [0.29, 0.717) is 17.2 Å². The van der Waals surface area contributed by atoms with Gasteiger partial charge >= 0.3 is 0 Å². The highest BCUT2D eigenvalue weighted by molar-refractivity contribution is 5.92. The predicted octanol–water partition coefficient (Wildman–Crippen LogP) is 3.91. The smallest absolute Gasteiger partial charge is 0.228 e. The van der Waals surface area contributed by atoms with E-state index in [-0.39, 0.29) is 12.3 Å². The van der Waals surface area contributed by atoms with Gasteiger partial charge < -0.3 is 19.7 Å². The molecular formula is C21H29N3O3. The average molecular weight is 371 g/mol. The number of pyridine rings is 1. The van der Waals surface area contributed by atoms with Crippen molar-refractivity contribution in [2.24, 2.45) is 0 Å². The van der Waals surface area contributed by atoms with Gasteiger partial charge in [0.15, 0.2) is 11.5 Å². The van der Waals surface area contributed by atoms with Crippen LogP contribution >= 0.6 is 0 Å². The molecule has 0 fully saturated rings. The Balaban J connectivity index is 1.99. The molecule has 6 nitrogen and oxygen atoms in total. The second-order valence-corrected chi connectivity index (χ2v) is 6.31. The fourth-order valence-corrected chi connectivity index (χ4v) is 2.91. The van der Waals surface area contributed by atoms with E-state index in [1.54, 1.807) is 26.5 Å². The summed E-state index contributed by atoms with van der Waals surface area (Å²) in [6, 6.07) is 9.32. The number of carbonyl (C=O) groups is 1. The molecule has 2 aromatic rings. The van der Waals surface area contributed by atoms with Crippen LogP contribution in [0, 0.1) is 0 Å².